The maximum atomic E-state index is 12.2. The third kappa shape index (κ3) is 2.00. The number of ketones is 2. The van der Waals surface area contributed by atoms with Gasteiger partial charge in [0.05, 0.1) is 6.10 Å². The van der Waals surface area contributed by atoms with E-state index in [0.29, 0.717) is 24.7 Å². The first-order valence-corrected chi connectivity index (χ1v) is 9.39. The van der Waals surface area contributed by atoms with Crippen LogP contribution in [0.25, 0.3) is 0 Å². The molecule has 130 valence electrons. The molecule has 24 heavy (non-hydrogen) atoms. The number of carbonyl (C=O) groups is 2. The summed E-state index contributed by atoms with van der Waals surface area (Å²) >= 11 is 0. The first-order valence-electron chi connectivity index (χ1n) is 9.39. The molecule has 0 unspecified atom stereocenters. The maximum absolute atomic E-state index is 12.2. The predicted molar refractivity (Wildman–Crippen MR) is 92.2 cm³/mol. The number of hydrogen-bond donors (Lipinski definition) is 1. The van der Waals surface area contributed by atoms with Crippen molar-refractivity contribution >= 4 is 11.6 Å². The third-order valence-corrected chi connectivity index (χ3v) is 7.94. The Kier molecular flexibility index (Phi) is 3.48. The Bertz CT molecular complexity index is 660. The Labute approximate surface area is 144 Å². The first-order chi connectivity index (χ1) is 11.3. The van der Waals surface area contributed by atoms with E-state index in [9.17, 15) is 14.7 Å². The molecule has 0 aromatic heterocycles. The minimum absolute atomic E-state index is 0.0845. The highest BCUT2D eigenvalue weighted by atomic mass is 16.3. The van der Waals surface area contributed by atoms with Crippen molar-refractivity contribution in [1.29, 1.82) is 0 Å². The Morgan fingerprint density at radius 3 is 2.75 bits per heavy atom. The molecule has 7 atom stereocenters. The summed E-state index contributed by atoms with van der Waals surface area (Å²) in [6.07, 6.45) is 9.94. The van der Waals surface area contributed by atoms with Gasteiger partial charge in [-0.1, -0.05) is 26.0 Å². The summed E-state index contributed by atoms with van der Waals surface area (Å²) in [6.45, 7) is 6.17. The first kappa shape index (κ1) is 16.3. The molecule has 0 amide bonds. The normalized spacial score (nSPS) is 49.9. The van der Waals surface area contributed by atoms with Gasteiger partial charge in [-0.15, -0.1) is 0 Å². The van der Waals surface area contributed by atoms with Crippen molar-refractivity contribution in [3.8, 4) is 0 Å². The molecule has 0 spiro atoms. The standard InChI is InChI=1S/C21H28O3/c1-12(22)16-6-7-17-15-5-4-13-10-14(23)8-9-20(13,2)19(15)18(24)11-21(16,17)3/h4-5,10,15-19,24H,6-9,11H2,1-3H3/t15-,16+,17-,18-,19-,20+,21+/m0/s1. The topological polar surface area (TPSA) is 54.4 Å². The smallest absolute Gasteiger partial charge is 0.156 e. The van der Waals surface area contributed by atoms with Gasteiger partial charge in [-0.05, 0) is 66.9 Å². The van der Waals surface area contributed by atoms with E-state index in [4.69, 9.17) is 0 Å². The number of allylic oxidation sites excluding steroid dienone is 4. The lowest BCUT2D eigenvalue weighted by molar-refractivity contribution is -0.134. The summed E-state index contributed by atoms with van der Waals surface area (Å²) in [7, 11) is 0. The zero-order chi connectivity index (χ0) is 17.3. The van der Waals surface area contributed by atoms with Crippen molar-refractivity contribution in [2.45, 2.75) is 59.0 Å². The summed E-state index contributed by atoms with van der Waals surface area (Å²) in [6, 6.07) is 0. The number of carbonyl (C=O) groups excluding carboxylic acids is 2. The molecule has 0 radical (unpaired) electrons. The van der Waals surface area contributed by atoms with Gasteiger partial charge in [-0.25, -0.2) is 0 Å². The van der Waals surface area contributed by atoms with Crippen molar-refractivity contribution in [3.63, 3.8) is 0 Å². The zero-order valence-electron chi connectivity index (χ0n) is 14.9. The second-order valence-corrected chi connectivity index (χ2v) is 9.07. The number of fused-ring (bicyclic) bond motifs is 5. The van der Waals surface area contributed by atoms with Crippen LogP contribution in [-0.2, 0) is 9.59 Å². The van der Waals surface area contributed by atoms with Gasteiger partial charge >= 0.3 is 0 Å². The van der Waals surface area contributed by atoms with Crippen LogP contribution in [0.15, 0.2) is 23.8 Å². The molecular weight excluding hydrogens is 300 g/mol. The summed E-state index contributed by atoms with van der Waals surface area (Å²) in [5.41, 5.74) is 0.907. The van der Waals surface area contributed by atoms with Crippen LogP contribution in [-0.4, -0.2) is 22.8 Å². The fourth-order valence-electron chi connectivity index (χ4n) is 6.80. The third-order valence-electron chi connectivity index (χ3n) is 7.94. The van der Waals surface area contributed by atoms with Crippen LogP contribution >= 0.6 is 0 Å². The van der Waals surface area contributed by atoms with E-state index >= 15 is 0 Å². The van der Waals surface area contributed by atoms with E-state index in [1.54, 1.807) is 13.0 Å². The Morgan fingerprint density at radius 1 is 1.29 bits per heavy atom. The molecule has 2 saturated carbocycles. The molecule has 0 bridgehead atoms. The van der Waals surface area contributed by atoms with Crippen molar-refractivity contribution in [2.24, 2.45) is 34.5 Å². The van der Waals surface area contributed by atoms with Gasteiger partial charge in [0.1, 0.15) is 5.78 Å². The van der Waals surface area contributed by atoms with E-state index in [1.165, 1.54) is 0 Å². The minimum Gasteiger partial charge on any atom is -0.393 e. The number of rotatable bonds is 1. The molecule has 0 heterocycles. The van der Waals surface area contributed by atoms with Crippen molar-refractivity contribution in [1.82, 2.24) is 0 Å². The van der Waals surface area contributed by atoms with Gasteiger partial charge in [0.2, 0.25) is 0 Å². The molecule has 0 aromatic carbocycles. The van der Waals surface area contributed by atoms with Gasteiger partial charge in [0.25, 0.3) is 0 Å². The fourth-order valence-corrected chi connectivity index (χ4v) is 6.80. The molecule has 4 rings (SSSR count). The highest BCUT2D eigenvalue weighted by Gasteiger charge is 2.61. The van der Waals surface area contributed by atoms with Gasteiger partial charge in [-0.2, -0.15) is 0 Å². The molecule has 3 heteroatoms. The van der Waals surface area contributed by atoms with E-state index in [0.717, 1.165) is 24.8 Å². The number of aliphatic hydroxyl groups is 1. The fraction of sp³-hybridized carbons (Fsp3) is 0.714. The average molecular weight is 328 g/mol. The second-order valence-electron chi connectivity index (χ2n) is 9.07. The minimum atomic E-state index is -0.400. The summed E-state index contributed by atoms with van der Waals surface area (Å²) in [5.74, 6) is 1.53. The van der Waals surface area contributed by atoms with Gasteiger partial charge in [0.15, 0.2) is 5.78 Å². The van der Waals surface area contributed by atoms with Crippen molar-refractivity contribution in [2.75, 3.05) is 0 Å². The molecule has 1 N–H and O–H groups in total. The number of aliphatic hydroxyl groups excluding tert-OH is 1. The summed E-state index contributed by atoms with van der Waals surface area (Å²) in [4.78, 5) is 24.0. The van der Waals surface area contributed by atoms with Gasteiger partial charge in [-0.3, -0.25) is 9.59 Å². The summed E-state index contributed by atoms with van der Waals surface area (Å²) < 4.78 is 0. The van der Waals surface area contributed by atoms with Crippen LogP contribution in [0.4, 0.5) is 0 Å². The molecule has 0 aliphatic heterocycles. The van der Waals surface area contributed by atoms with E-state index < -0.39 is 6.10 Å². The maximum Gasteiger partial charge on any atom is 0.156 e. The lowest BCUT2D eigenvalue weighted by Crippen LogP contribution is -2.55. The molecule has 4 aliphatic rings. The van der Waals surface area contributed by atoms with E-state index in [2.05, 4.69) is 26.0 Å². The van der Waals surface area contributed by atoms with Gasteiger partial charge in [0, 0.05) is 18.3 Å². The zero-order valence-corrected chi connectivity index (χ0v) is 14.9. The van der Waals surface area contributed by atoms with Crippen LogP contribution < -0.4 is 0 Å². The highest BCUT2D eigenvalue weighted by molar-refractivity contribution is 5.92. The lowest BCUT2D eigenvalue weighted by atomic mass is 9.47. The van der Waals surface area contributed by atoms with Crippen molar-refractivity contribution < 1.29 is 14.7 Å². The monoisotopic (exact) mass is 328 g/mol. The molecule has 0 saturated heterocycles. The van der Waals surface area contributed by atoms with Crippen LogP contribution in [0.2, 0.25) is 0 Å². The number of hydrogen-bond acceptors (Lipinski definition) is 3. The average Bonchev–Trinajstić information content (AvgIpc) is 2.84. The largest absolute Gasteiger partial charge is 0.393 e. The lowest BCUT2D eigenvalue weighted by Gasteiger charge is -2.57. The van der Waals surface area contributed by atoms with Crippen LogP contribution in [0.1, 0.15) is 52.9 Å². The second kappa shape index (κ2) is 5.14. The van der Waals surface area contributed by atoms with E-state index in [1.807, 2.05) is 0 Å². The molecule has 4 aliphatic carbocycles. The van der Waals surface area contributed by atoms with E-state index in [-0.39, 0.29) is 34.2 Å². The van der Waals surface area contributed by atoms with Crippen LogP contribution in [0, 0.1) is 34.5 Å². The van der Waals surface area contributed by atoms with Crippen LogP contribution in [0.3, 0.4) is 0 Å². The predicted octanol–water partition coefficient (Wildman–Crippen LogP) is 3.47. The Hall–Kier alpha value is -1.22. The molecule has 3 nitrogen and oxygen atoms in total. The molecular formula is C21H28O3. The highest BCUT2D eigenvalue weighted by Crippen LogP contribution is 2.65. The molecule has 2 fully saturated rings. The summed E-state index contributed by atoms with van der Waals surface area (Å²) in [5, 5.41) is 11.1. The number of Topliss-reactive ketones (excluding diaryl/α,β-unsaturated/α-hetero) is 1. The molecule has 0 aromatic rings. The Balaban J connectivity index is 1.78. The van der Waals surface area contributed by atoms with Gasteiger partial charge < -0.3 is 5.11 Å². The Morgan fingerprint density at radius 2 is 2.04 bits per heavy atom. The van der Waals surface area contributed by atoms with Crippen molar-refractivity contribution in [3.05, 3.63) is 23.8 Å². The quantitative estimate of drug-likeness (QED) is 0.802. The van der Waals surface area contributed by atoms with Crippen LogP contribution in [0.5, 0.6) is 0 Å². The SMILES string of the molecule is CC(=O)[C@H]1CC[C@H]2[C@@H]3C=CC4=CC(=O)CC[C@@]4(C)[C@@H]3[C@@H](O)C[C@]12C.